The topological polar surface area (TPSA) is 41.5 Å². The van der Waals surface area contributed by atoms with Crippen molar-refractivity contribution in [2.24, 2.45) is 4.99 Å². The van der Waals surface area contributed by atoms with Gasteiger partial charge in [0.2, 0.25) is 5.91 Å². The van der Waals surface area contributed by atoms with E-state index in [-0.39, 0.29) is 11.3 Å². The minimum absolute atomic E-state index is 0.0379. The molecule has 0 spiro atoms. The Morgan fingerprint density at radius 2 is 2.06 bits per heavy atom. The molecule has 0 atom stereocenters. The van der Waals surface area contributed by atoms with Crippen LogP contribution in [0.1, 0.15) is 33.3 Å². The van der Waals surface area contributed by atoms with Crippen molar-refractivity contribution >= 4 is 23.0 Å². The lowest BCUT2D eigenvalue weighted by Crippen LogP contribution is -2.22. The molecule has 0 bridgehead atoms. The Balaban J connectivity index is 2.44. The van der Waals surface area contributed by atoms with Crippen molar-refractivity contribution in [2.45, 2.75) is 33.1 Å². The van der Waals surface area contributed by atoms with Crippen LogP contribution in [0.25, 0.3) is 0 Å². The highest BCUT2D eigenvalue weighted by Gasteiger charge is 2.32. The van der Waals surface area contributed by atoms with Crippen LogP contribution < -0.4 is 5.32 Å². The van der Waals surface area contributed by atoms with Crippen LogP contribution in [0.3, 0.4) is 0 Å². The average molecular weight is 216 g/mol. The molecule has 0 fully saturated rings. The maximum atomic E-state index is 11.0. The number of anilines is 1. The average Bonchev–Trinajstić information content (AvgIpc) is 2.39. The number of hydrogen-bond acceptors (Lipinski definition) is 2. The van der Waals surface area contributed by atoms with E-state index in [1.165, 1.54) is 12.5 Å². The van der Waals surface area contributed by atoms with Gasteiger partial charge in [-0.15, -0.1) is 0 Å². The van der Waals surface area contributed by atoms with E-state index >= 15 is 0 Å². The number of aliphatic imine (C=N–C) groups is 1. The fraction of sp³-hybridized carbons (Fsp3) is 0.385. The second-order valence-corrected chi connectivity index (χ2v) is 4.74. The summed E-state index contributed by atoms with van der Waals surface area (Å²) < 4.78 is 0. The Bertz CT molecular complexity index is 487. The van der Waals surface area contributed by atoms with Gasteiger partial charge in [-0.1, -0.05) is 13.8 Å². The first-order valence-corrected chi connectivity index (χ1v) is 5.39. The second kappa shape index (κ2) is 3.44. The zero-order valence-corrected chi connectivity index (χ0v) is 10.1. The van der Waals surface area contributed by atoms with Crippen molar-refractivity contribution in [3.63, 3.8) is 0 Å². The molecule has 1 aliphatic rings. The first-order chi connectivity index (χ1) is 7.41. The third-order valence-corrected chi connectivity index (χ3v) is 3.18. The van der Waals surface area contributed by atoms with Gasteiger partial charge in [-0.3, -0.25) is 9.79 Å². The fourth-order valence-electron chi connectivity index (χ4n) is 1.93. The van der Waals surface area contributed by atoms with Gasteiger partial charge in [0.1, 0.15) is 0 Å². The molecular formula is C13H16N2O. The summed E-state index contributed by atoms with van der Waals surface area (Å²) in [5.41, 5.74) is 4.10. The Kier molecular flexibility index (Phi) is 2.34. The van der Waals surface area contributed by atoms with Crippen molar-refractivity contribution in [2.75, 3.05) is 5.32 Å². The minimum Gasteiger partial charge on any atom is -0.326 e. The van der Waals surface area contributed by atoms with Crippen LogP contribution in [0, 0.1) is 0 Å². The predicted octanol–water partition coefficient (Wildman–Crippen LogP) is 3.03. The highest BCUT2D eigenvalue weighted by molar-refractivity contribution is 6.00. The Hall–Kier alpha value is -1.64. The lowest BCUT2D eigenvalue weighted by Gasteiger charge is -2.20. The van der Waals surface area contributed by atoms with Crippen LogP contribution in [-0.4, -0.2) is 11.6 Å². The predicted molar refractivity (Wildman–Crippen MR) is 66.5 cm³/mol. The summed E-state index contributed by atoms with van der Waals surface area (Å²) in [6.45, 7) is 7.85. The quantitative estimate of drug-likeness (QED) is 0.770. The van der Waals surface area contributed by atoms with Crippen molar-refractivity contribution in [3.8, 4) is 0 Å². The van der Waals surface area contributed by atoms with Gasteiger partial charge in [-0.05, 0) is 30.7 Å². The standard InChI is InChI=1S/C13H16N2O/c1-8-13(3,4)11-7-10(15-9(2)16)5-6-12(11)14-8/h5-7H,1-4H3,(H,15,16). The zero-order valence-electron chi connectivity index (χ0n) is 10.1. The van der Waals surface area contributed by atoms with Crippen LogP contribution in [0.15, 0.2) is 23.2 Å². The molecule has 3 heteroatoms. The molecule has 1 amide bonds. The van der Waals surface area contributed by atoms with E-state index in [1.807, 2.05) is 25.1 Å². The molecule has 1 heterocycles. The van der Waals surface area contributed by atoms with Crippen molar-refractivity contribution < 1.29 is 4.79 Å². The molecule has 0 radical (unpaired) electrons. The van der Waals surface area contributed by atoms with E-state index in [2.05, 4.69) is 24.2 Å². The van der Waals surface area contributed by atoms with Crippen LogP contribution in [-0.2, 0) is 10.2 Å². The summed E-state index contributed by atoms with van der Waals surface area (Å²) in [6.07, 6.45) is 0. The van der Waals surface area contributed by atoms with Gasteiger partial charge in [-0.25, -0.2) is 0 Å². The summed E-state index contributed by atoms with van der Waals surface area (Å²) in [7, 11) is 0. The lowest BCUT2D eigenvalue weighted by molar-refractivity contribution is -0.114. The smallest absolute Gasteiger partial charge is 0.221 e. The van der Waals surface area contributed by atoms with Gasteiger partial charge >= 0.3 is 0 Å². The number of nitrogens with one attached hydrogen (secondary N) is 1. The van der Waals surface area contributed by atoms with Gasteiger partial charge in [-0.2, -0.15) is 0 Å². The summed E-state index contributed by atoms with van der Waals surface area (Å²) >= 11 is 0. The number of carbonyl (C=O) groups is 1. The summed E-state index contributed by atoms with van der Waals surface area (Å²) in [5.74, 6) is -0.0478. The van der Waals surface area contributed by atoms with Gasteiger partial charge in [0.15, 0.2) is 0 Å². The SMILES string of the molecule is CC(=O)Nc1ccc2c(c1)C(C)(C)C(C)=N2. The molecule has 0 aliphatic carbocycles. The number of hydrogen-bond donors (Lipinski definition) is 1. The molecule has 1 N–H and O–H groups in total. The van der Waals surface area contributed by atoms with Gasteiger partial charge in [0.25, 0.3) is 0 Å². The number of nitrogens with zero attached hydrogens (tertiary/aromatic N) is 1. The molecular weight excluding hydrogens is 200 g/mol. The van der Waals surface area contributed by atoms with Crippen LogP contribution in [0.4, 0.5) is 11.4 Å². The van der Waals surface area contributed by atoms with Crippen molar-refractivity contribution in [1.82, 2.24) is 0 Å². The molecule has 84 valence electrons. The number of rotatable bonds is 1. The minimum atomic E-state index is -0.0478. The fourth-order valence-corrected chi connectivity index (χ4v) is 1.93. The van der Waals surface area contributed by atoms with E-state index in [0.29, 0.717) is 0 Å². The third-order valence-electron chi connectivity index (χ3n) is 3.18. The van der Waals surface area contributed by atoms with E-state index in [4.69, 9.17) is 0 Å². The number of amides is 1. The molecule has 0 unspecified atom stereocenters. The second-order valence-electron chi connectivity index (χ2n) is 4.74. The monoisotopic (exact) mass is 216 g/mol. The van der Waals surface area contributed by atoms with E-state index in [0.717, 1.165) is 17.1 Å². The number of fused-ring (bicyclic) bond motifs is 1. The third kappa shape index (κ3) is 1.62. The highest BCUT2D eigenvalue weighted by Crippen LogP contribution is 2.40. The summed E-state index contributed by atoms with van der Waals surface area (Å²) in [5, 5.41) is 2.80. The Labute approximate surface area is 95.6 Å². The Morgan fingerprint density at radius 3 is 2.69 bits per heavy atom. The molecule has 1 aromatic carbocycles. The first kappa shape index (κ1) is 10.9. The summed E-state index contributed by atoms with van der Waals surface area (Å²) in [4.78, 5) is 15.5. The normalized spacial score (nSPS) is 16.6. The van der Waals surface area contributed by atoms with Crippen LogP contribution in [0.5, 0.6) is 0 Å². The largest absolute Gasteiger partial charge is 0.326 e. The maximum absolute atomic E-state index is 11.0. The zero-order chi connectivity index (χ0) is 11.9. The van der Waals surface area contributed by atoms with Crippen molar-refractivity contribution in [3.05, 3.63) is 23.8 Å². The van der Waals surface area contributed by atoms with E-state index in [1.54, 1.807) is 0 Å². The number of carbonyl (C=O) groups excluding carboxylic acids is 1. The van der Waals surface area contributed by atoms with Gasteiger partial charge in [0, 0.05) is 23.7 Å². The molecule has 2 rings (SSSR count). The molecule has 1 aromatic rings. The van der Waals surface area contributed by atoms with Crippen LogP contribution in [0.2, 0.25) is 0 Å². The van der Waals surface area contributed by atoms with E-state index in [9.17, 15) is 4.79 Å². The van der Waals surface area contributed by atoms with Crippen molar-refractivity contribution in [1.29, 1.82) is 0 Å². The molecule has 3 nitrogen and oxygen atoms in total. The molecule has 16 heavy (non-hydrogen) atoms. The molecule has 0 saturated carbocycles. The number of benzene rings is 1. The van der Waals surface area contributed by atoms with E-state index < -0.39 is 0 Å². The summed E-state index contributed by atoms with van der Waals surface area (Å²) in [6, 6.07) is 5.86. The lowest BCUT2D eigenvalue weighted by atomic mass is 9.82. The Morgan fingerprint density at radius 1 is 1.38 bits per heavy atom. The van der Waals surface area contributed by atoms with Gasteiger partial charge < -0.3 is 5.32 Å². The first-order valence-electron chi connectivity index (χ1n) is 5.39. The van der Waals surface area contributed by atoms with Crippen LogP contribution >= 0.6 is 0 Å². The molecule has 0 saturated heterocycles. The molecule has 0 aromatic heterocycles. The maximum Gasteiger partial charge on any atom is 0.221 e. The highest BCUT2D eigenvalue weighted by atomic mass is 16.1. The van der Waals surface area contributed by atoms with Gasteiger partial charge in [0.05, 0.1) is 5.69 Å². The molecule has 1 aliphatic heterocycles.